The van der Waals surface area contributed by atoms with E-state index in [9.17, 15) is 9.90 Å². The van der Waals surface area contributed by atoms with Crippen LogP contribution in [0.1, 0.15) is 31.4 Å². The largest absolute Gasteiger partial charge is 0.444 e. The highest BCUT2D eigenvalue weighted by Gasteiger charge is 2.27. The molecule has 2 aromatic carbocycles. The zero-order valence-electron chi connectivity index (χ0n) is 24.7. The summed E-state index contributed by atoms with van der Waals surface area (Å²) < 4.78 is 12.0. The molecule has 3 aromatic rings. The van der Waals surface area contributed by atoms with Gasteiger partial charge < -0.3 is 30.1 Å². The van der Waals surface area contributed by atoms with Crippen LogP contribution in [-0.2, 0) is 22.4 Å². The molecule has 41 heavy (non-hydrogen) atoms. The van der Waals surface area contributed by atoms with E-state index in [1.165, 1.54) is 5.56 Å². The number of likely N-dealkylation sites (N-methyl/N-ethyl adjacent to an activating group) is 1. The lowest BCUT2D eigenvalue weighted by Crippen LogP contribution is -2.50. The predicted molar refractivity (Wildman–Crippen MR) is 166 cm³/mol. The maximum Gasteiger partial charge on any atom is 0.407 e. The normalized spacial score (nSPS) is 16.9. The molecule has 0 spiro atoms. The lowest BCUT2D eigenvalue weighted by atomic mass is 10.0. The van der Waals surface area contributed by atoms with E-state index in [2.05, 4.69) is 66.6 Å². The number of hydrogen-bond acceptors (Lipinski definition) is 9. The smallest absolute Gasteiger partial charge is 0.407 e. The van der Waals surface area contributed by atoms with Crippen LogP contribution in [0.25, 0.3) is 10.2 Å². The summed E-state index contributed by atoms with van der Waals surface area (Å²) in [4.78, 5) is 21.9. The van der Waals surface area contributed by atoms with E-state index in [4.69, 9.17) is 14.5 Å². The minimum absolute atomic E-state index is 0.243. The van der Waals surface area contributed by atoms with Crippen molar-refractivity contribution in [2.45, 2.75) is 51.5 Å². The van der Waals surface area contributed by atoms with Gasteiger partial charge in [0.1, 0.15) is 6.10 Å². The standard InChI is InChI=1S/C31H45N5O4S/c1-22(2)18-36(19-24-10-11-26-29(17-24)41-30(33-26)32-13-14-35(3)4)20-28(37)27(16-23-8-6-5-7-9-23)34-31(38)40-25-12-15-39-21-25/h5-11,17,22,25,27-28,37H,12-16,18-21H2,1-4H3,(H,32,33)(H,34,38). The number of carbonyl (C=O) groups is 1. The fourth-order valence-electron chi connectivity index (χ4n) is 4.99. The molecule has 4 rings (SSSR count). The molecule has 9 nitrogen and oxygen atoms in total. The van der Waals surface area contributed by atoms with Crippen LogP contribution < -0.4 is 10.6 Å². The van der Waals surface area contributed by atoms with Crippen LogP contribution in [0, 0.1) is 5.92 Å². The van der Waals surface area contributed by atoms with Gasteiger partial charge in [-0.05, 0) is 49.7 Å². The quantitative estimate of drug-likeness (QED) is 0.245. The van der Waals surface area contributed by atoms with Crippen molar-refractivity contribution in [3.63, 3.8) is 0 Å². The Kier molecular flexibility index (Phi) is 11.8. The summed E-state index contributed by atoms with van der Waals surface area (Å²) in [7, 11) is 4.12. The van der Waals surface area contributed by atoms with Crippen molar-refractivity contribution < 1.29 is 19.4 Å². The summed E-state index contributed by atoms with van der Waals surface area (Å²) in [5, 5.41) is 18.8. The number of nitrogens with zero attached hydrogens (tertiary/aromatic N) is 3. The Balaban J connectivity index is 1.43. The van der Waals surface area contributed by atoms with Gasteiger partial charge in [-0.2, -0.15) is 0 Å². The van der Waals surface area contributed by atoms with E-state index >= 15 is 0 Å². The predicted octanol–water partition coefficient (Wildman–Crippen LogP) is 4.22. The van der Waals surface area contributed by atoms with Crippen molar-refractivity contribution >= 4 is 32.8 Å². The Morgan fingerprint density at radius 1 is 1.17 bits per heavy atom. The van der Waals surface area contributed by atoms with Crippen LogP contribution in [0.5, 0.6) is 0 Å². The number of hydrogen-bond donors (Lipinski definition) is 3. The van der Waals surface area contributed by atoms with Gasteiger partial charge in [0, 0.05) is 39.1 Å². The van der Waals surface area contributed by atoms with Gasteiger partial charge in [0.2, 0.25) is 0 Å². The van der Waals surface area contributed by atoms with E-state index in [0.717, 1.165) is 40.5 Å². The van der Waals surface area contributed by atoms with Crippen LogP contribution in [0.4, 0.5) is 9.93 Å². The number of fused-ring (bicyclic) bond motifs is 1. The number of anilines is 1. The number of rotatable bonds is 15. The molecule has 1 aliphatic rings. The zero-order chi connectivity index (χ0) is 29.2. The van der Waals surface area contributed by atoms with Gasteiger partial charge in [-0.3, -0.25) is 4.90 Å². The molecule has 3 N–H and O–H groups in total. The molecule has 2 heterocycles. The van der Waals surface area contributed by atoms with Gasteiger partial charge in [-0.15, -0.1) is 0 Å². The number of aliphatic hydroxyl groups excluding tert-OH is 1. The van der Waals surface area contributed by atoms with Crippen LogP contribution >= 0.6 is 11.3 Å². The minimum atomic E-state index is -0.791. The highest BCUT2D eigenvalue weighted by atomic mass is 32.1. The second kappa shape index (κ2) is 15.5. The molecule has 1 amide bonds. The fraction of sp³-hybridized carbons (Fsp3) is 0.548. The first kappa shape index (κ1) is 31.2. The van der Waals surface area contributed by atoms with Gasteiger partial charge in [0.25, 0.3) is 0 Å². The van der Waals surface area contributed by atoms with Crippen LogP contribution in [0.2, 0.25) is 0 Å². The number of aromatic nitrogens is 1. The van der Waals surface area contributed by atoms with Crippen molar-refractivity contribution in [1.29, 1.82) is 0 Å². The van der Waals surface area contributed by atoms with E-state index < -0.39 is 18.2 Å². The molecule has 1 aromatic heterocycles. The minimum Gasteiger partial charge on any atom is -0.444 e. The Morgan fingerprint density at radius 2 is 1.98 bits per heavy atom. The first-order valence-corrected chi connectivity index (χ1v) is 15.3. The second-order valence-corrected chi connectivity index (χ2v) is 12.6. The van der Waals surface area contributed by atoms with Crippen molar-refractivity contribution in [1.82, 2.24) is 20.1 Å². The molecule has 224 valence electrons. The molecule has 1 saturated heterocycles. The highest BCUT2D eigenvalue weighted by molar-refractivity contribution is 7.22. The number of carbonyl (C=O) groups excluding carboxylic acids is 1. The molecule has 1 fully saturated rings. The number of amides is 1. The number of ether oxygens (including phenoxy) is 2. The molecule has 0 radical (unpaired) electrons. The number of nitrogens with one attached hydrogen (secondary N) is 2. The maximum atomic E-state index is 12.8. The van der Waals surface area contributed by atoms with Gasteiger partial charge >= 0.3 is 6.09 Å². The summed E-state index contributed by atoms with van der Waals surface area (Å²) in [6.07, 6.45) is -0.349. The molecular formula is C31H45N5O4S. The third-order valence-corrected chi connectivity index (χ3v) is 7.97. The van der Waals surface area contributed by atoms with Crippen molar-refractivity contribution in [3.8, 4) is 0 Å². The number of thiazole rings is 1. The molecule has 0 bridgehead atoms. The molecule has 0 aliphatic carbocycles. The molecule has 10 heteroatoms. The van der Waals surface area contributed by atoms with Gasteiger partial charge in [0.15, 0.2) is 5.13 Å². The monoisotopic (exact) mass is 583 g/mol. The first-order chi connectivity index (χ1) is 19.7. The Labute approximate surface area is 247 Å². The summed E-state index contributed by atoms with van der Waals surface area (Å²) in [6, 6.07) is 15.8. The SMILES string of the molecule is CC(C)CN(Cc1ccc2nc(NCCN(C)C)sc2c1)CC(O)C(Cc1ccccc1)NC(=O)OC1CCOC1. The second-order valence-electron chi connectivity index (χ2n) is 11.5. The van der Waals surface area contributed by atoms with Gasteiger partial charge in [0.05, 0.1) is 35.6 Å². The number of aliphatic hydroxyl groups is 1. The van der Waals surface area contributed by atoms with E-state index in [0.29, 0.717) is 45.1 Å². The third-order valence-electron chi connectivity index (χ3n) is 6.99. The van der Waals surface area contributed by atoms with Gasteiger partial charge in [-0.25, -0.2) is 9.78 Å². The van der Waals surface area contributed by atoms with Crippen molar-refractivity contribution in [2.75, 3.05) is 58.8 Å². The third kappa shape index (κ3) is 10.2. The van der Waals surface area contributed by atoms with Crippen LogP contribution in [0.15, 0.2) is 48.5 Å². The first-order valence-electron chi connectivity index (χ1n) is 14.5. The summed E-state index contributed by atoms with van der Waals surface area (Å²) in [6.45, 7) is 9.09. The van der Waals surface area contributed by atoms with Crippen LogP contribution in [0.3, 0.4) is 0 Å². The Bertz CT molecular complexity index is 1220. The van der Waals surface area contributed by atoms with Crippen molar-refractivity contribution in [3.05, 3.63) is 59.7 Å². The summed E-state index contributed by atoms with van der Waals surface area (Å²) in [5.74, 6) is 0.412. The van der Waals surface area contributed by atoms with Crippen LogP contribution in [-0.4, -0.2) is 97.7 Å². The molecule has 3 unspecified atom stereocenters. The summed E-state index contributed by atoms with van der Waals surface area (Å²) in [5.41, 5.74) is 3.20. The lowest BCUT2D eigenvalue weighted by Gasteiger charge is -2.31. The van der Waals surface area contributed by atoms with E-state index in [1.54, 1.807) is 11.3 Å². The summed E-state index contributed by atoms with van der Waals surface area (Å²) >= 11 is 1.66. The molecular weight excluding hydrogens is 538 g/mol. The lowest BCUT2D eigenvalue weighted by molar-refractivity contribution is 0.0531. The van der Waals surface area contributed by atoms with Gasteiger partial charge in [-0.1, -0.05) is 61.6 Å². The Morgan fingerprint density at radius 3 is 2.68 bits per heavy atom. The molecule has 0 saturated carbocycles. The molecule has 1 aliphatic heterocycles. The Hall–Kier alpha value is -2.76. The van der Waals surface area contributed by atoms with E-state index in [-0.39, 0.29) is 6.10 Å². The maximum absolute atomic E-state index is 12.8. The molecule has 3 atom stereocenters. The number of benzene rings is 2. The topological polar surface area (TPSA) is 99.2 Å². The average Bonchev–Trinajstić information content (AvgIpc) is 3.57. The van der Waals surface area contributed by atoms with E-state index in [1.807, 2.05) is 30.3 Å². The van der Waals surface area contributed by atoms with Crippen molar-refractivity contribution in [2.24, 2.45) is 5.92 Å². The zero-order valence-corrected chi connectivity index (χ0v) is 25.5. The highest BCUT2D eigenvalue weighted by Crippen LogP contribution is 2.27. The fourth-order valence-corrected chi connectivity index (χ4v) is 5.95. The number of alkyl carbamates (subject to hydrolysis) is 1. The average molecular weight is 584 g/mol.